The van der Waals surface area contributed by atoms with Gasteiger partial charge in [-0.1, -0.05) is 0 Å². The van der Waals surface area contributed by atoms with Crippen molar-refractivity contribution >= 4 is 28.6 Å². The Morgan fingerprint density at radius 3 is 2.47 bits per heavy atom. The number of nitrogens with zero attached hydrogens (tertiary/aromatic N) is 1. The molecular formula is C10H7F5INO2. The molecule has 0 aliphatic carbocycles. The van der Waals surface area contributed by atoms with Crippen molar-refractivity contribution < 1.29 is 31.5 Å². The number of carbonyl (C=O) groups excluding carboxylic acids is 1. The molecule has 0 radical (unpaired) electrons. The van der Waals surface area contributed by atoms with E-state index in [4.69, 9.17) is 0 Å². The molecule has 0 saturated carbocycles. The van der Waals surface area contributed by atoms with Crippen LogP contribution in [-0.2, 0) is 22.1 Å². The van der Waals surface area contributed by atoms with Crippen LogP contribution in [0.3, 0.4) is 0 Å². The first kappa shape index (κ1) is 16.1. The monoisotopic (exact) mass is 395 g/mol. The summed E-state index contributed by atoms with van der Waals surface area (Å²) in [5, 5.41) is 0. The zero-order valence-electron chi connectivity index (χ0n) is 9.39. The standard InChI is InChI=1S/C10H7F5INO2/c1-19-6(18)2-5-7(10(13,14)15)8(16)4(3-17-5)9(11)12/h3,9H,2H2,1H3. The predicted molar refractivity (Wildman–Crippen MR) is 62.6 cm³/mol. The number of carbonyl (C=O) groups is 1. The molecule has 0 aromatic carbocycles. The minimum Gasteiger partial charge on any atom is -0.469 e. The Morgan fingerprint density at radius 1 is 1.47 bits per heavy atom. The fourth-order valence-corrected chi connectivity index (χ4v) is 2.31. The van der Waals surface area contributed by atoms with Crippen molar-refractivity contribution in [3.8, 4) is 0 Å². The number of ether oxygens (including phenoxy) is 1. The van der Waals surface area contributed by atoms with Crippen molar-refractivity contribution in [2.45, 2.75) is 19.0 Å². The van der Waals surface area contributed by atoms with Crippen molar-refractivity contribution in [1.29, 1.82) is 0 Å². The van der Waals surface area contributed by atoms with Crippen molar-refractivity contribution in [2.75, 3.05) is 7.11 Å². The van der Waals surface area contributed by atoms with Crippen LogP contribution in [0, 0.1) is 3.57 Å². The second-order valence-corrected chi connectivity index (χ2v) is 4.48. The summed E-state index contributed by atoms with van der Waals surface area (Å²) in [5.74, 6) is -0.932. The molecule has 1 aromatic rings. The van der Waals surface area contributed by atoms with Crippen molar-refractivity contribution in [2.24, 2.45) is 0 Å². The molecule has 0 saturated heterocycles. The predicted octanol–water partition coefficient (Wildman–Crippen LogP) is 3.36. The summed E-state index contributed by atoms with van der Waals surface area (Å²) < 4.78 is 67.3. The number of pyridine rings is 1. The minimum atomic E-state index is -4.88. The molecule has 0 N–H and O–H groups in total. The molecule has 0 fully saturated rings. The van der Waals surface area contributed by atoms with Gasteiger partial charge in [-0.3, -0.25) is 9.78 Å². The smallest absolute Gasteiger partial charge is 0.419 e. The molecule has 0 bridgehead atoms. The lowest BCUT2D eigenvalue weighted by Crippen LogP contribution is -2.18. The van der Waals surface area contributed by atoms with Crippen LogP contribution >= 0.6 is 22.6 Å². The molecule has 0 atom stereocenters. The van der Waals surface area contributed by atoms with E-state index in [2.05, 4.69) is 9.72 Å². The zero-order chi connectivity index (χ0) is 14.8. The lowest BCUT2D eigenvalue weighted by molar-refractivity contribution is -0.142. The maximum atomic E-state index is 12.9. The number of methoxy groups -OCH3 is 1. The Balaban J connectivity index is 3.40. The van der Waals surface area contributed by atoms with E-state index in [1.165, 1.54) is 22.6 Å². The van der Waals surface area contributed by atoms with Gasteiger partial charge in [-0.25, -0.2) is 8.78 Å². The summed E-state index contributed by atoms with van der Waals surface area (Å²) >= 11 is 1.17. The summed E-state index contributed by atoms with van der Waals surface area (Å²) in [6.07, 6.45) is -8.05. The number of esters is 1. The first-order chi connectivity index (χ1) is 8.68. The molecule has 0 aliphatic rings. The van der Waals surface area contributed by atoms with E-state index in [0.29, 0.717) is 6.20 Å². The largest absolute Gasteiger partial charge is 0.469 e. The van der Waals surface area contributed by atoms with Crippen LogP contribution < -0.4 is 0 Å². The van der Waals surface area contributed by atoms with E-state index in [9.17, 15) is 26.7 Å². The molecule has 0 amide bonds. The molecule has 0 spiro atoms. The van der Waals surface area contributed by atoms with Crippen LogP contribution in [-0.4, -0.2) is 18.1 Å². The first-order valence-electron chi connectivity index (χ1n) is 4.78. The van der Waals surface area contributed by atoms with Gasteiger partial charge < -0.3 is 4.74 Å². The normalized spacial score (nSPS) is 11.8. The van der Waals surface area contributed by atoms with Gasteiger partial charge in [0, 0.05) is 9.77 Å². The average Bonchev–Trinajstić information content (AvgIpc) is 2.26. The van der Waals surface area contributed by atoms with E-state index in [0.717, 1.165) is 7.11 Å². The Morgan fingerprint density at radius 2 is 2.05 bits per heavy atom. The zero-order valence-corrected chi connectivity index (χ0v) is 11.6. The van der Waals surface area contributed by atoms with E-state index < -0.39 is 45.4 Å². The molecule has 106 valence electrons. The van der Waals surface area contributed by atoms with E-state index in [1.807, 2.05) is 0 Å². The van der Waals surface area contributed by atoms with Crippen molar-refractivity contribution in [1.82, 2.24) is 4.98 Å². The SMILES string of the molecule is COC(=O)Cc1ncc(C(F)F)c(I)c1C(F)(F)F. The molecule has 9 heteroatoms. The van der Waals surface area contributed by atoms with Gasteiger partial charge in [0.25, 0.3) is 6.43 Å². The number of hydrogen-bond donors (Lipinski definition) is 0. The van der Waals surface area contributed by atoms with Gasteiger partial charge in [0.15, 0.2) is 0 Å². The van der Waals surface area contributed by atoms with Crippen LogP contribution in [0.5, 0.6) is 0 Å². The maximum absolute atomic E-state index is 12.9. The van der Waals surface area contributed by atoms with Crippen molar-refractivity contribution in [3.05, 3.63) is 26.6 Å². The van der Waals surface area contributed by atoms with Gasteiger partial charge in [0.05, 0.1) is 30.4 Å². The Labute approximate surface area is 118 Å². The summed E-state index contributed by atoms with van der Waals surface area (Å²) in [7, 11) is 1.01. The number of halogens is 6. The molecule has 1 heterocycles. The number of alkyl halides is 5. The van der Waals surface area contributed by atoms with Crippen molar-refractivity contribution in [3.63, 3.8) is 0 Å². The third kappa shape index (κ3) is 3.74. The number of aromatic nitrogens is 1. The molecular weight excluding hydrogens is 388 g/mol. The molecule has 1 aromatic heterocycles. The third-order valence-electron chi connectivity index (χ3n) is 2.18. The van der Waals surface area contributed by atoms with Crippen LogP contribution in [0.25, 0.3) is 0 Å². The van der Waals surface area contributed by atoms with Gasteiger partial charge in [-0.15, -0.1) is 0 Å². The molecule has 3 nitrogen and oxygen atoms in total. The fraction of sp³-hybridized carbons (Fsp3) is 0.400. The quantitative estimate of drug-likeness (QED) is 0.448. The van der Waals surface area contributed by atoms with E-state index >= 15 is 0 Å². The Hall–Kier alpha value is -1.00. The van der Waals surface area contributed by atoms with Gasteiger partial charge in [-0.2, -0.15) is 13.2 Å². The Kier molecular flexibility index (Phi) is 5.04. The van der Waals surface area contributed by atoms with Crippen LogP contribution in [0.15, 0.2) is 6.20 Å². The third-order valence-corrected chi connectivity index (χ3v) is 3.34. The maximum Gasteiger partial charge on any atom is 0.419 e. The Bertz CT molecular complexity index is 490. The fourth-order valence-electron chi connectivity index (χ4n) is 1.32. The number of hydrogen-bond acceptors (Lipinski definition) is 3. The van der Waals surface area contributed by atoms with Gasteiger partial charge >= 0.3 is 12.1 Å². The van der Waals surface area contributed by atoms with E-state index in [1.54, 1.807) is 0 Å². The summed E-state index contributed by atoms with van der Waals surface area (Å²) in [5.41, 5.74) is -2.77. The molecule has 19 heavy (non-hydrogen) atoms. The van der Waals surface area contributed by atoms with Crippen LogP contribution in [0.2, 0.25) is 0 Å². The molecule has 0 aliphatic heterocycles. The summed E-state index contributed by atoms with van der Waals surface area (Å²) in [6.45, 7) is 0. The second-order valence-electron chi connectivity index (χ2n) is 3.40. The highest BCUT2D eigenvalue weighted by atomic mass is 127. The lowest BCUT2D eigenvalue weighted by Gasteiger charge is -2.15. The highest BCUT2D eigenvalue weighted by Crippen LogP contribution is 2.38. The summed E-state index contributed by atoms with van der Waals surface area (Å²) in [6, 6.07) is 0. The van der Waals surface area contributed by atoms with Crippen LogP contribution in [0.4, 0.5) is 22.0 Å². The van der Waals surface area contributed by atoms with Gasteiger partial charge in [-0.05, 0) is 22.6 Å². The average molecular weight is 395 g/mol. The second kappa shape index (κ2) is 5.97. The minimum absolute atomic E-state index is 0.631. The van der Waals surface area contributed by atoms with Gasteiger partial charge in [0.2, 0.25) is 0 Å². The van der Waals surface area contributed by atoms with Crippen LogP contribution in [0.1, 0.15) is 23.2 Å². The molecule has 1 rings (SSSR count). The highest BCUT2D eigenvalue weighted by Gasteiger charge is 2.39. The summed E-state index contributed by atoms with van der Waals surface area (Å²) in [4.78, 5) is 14.3. The van der Waals surface area contributed by atoms with Gasteiger partial charge in [0.1, 0.15) is 0 Å². The topological polar surface area (TPSA) is 39.2 Å². The first-order valence-corrected chi connectivity index (χ1v) is 5.85. The number of rotatable bonds is 3. The lowest BCUT2D eigenvalue weighted by atomic mass is 10.1. The van der Waals surface area contributed by atoms with E-state index in [-0.39, 0.29) is 0 Å². The molecule has 0 unspecified atom stereocenters. The highest BCUT2D eigenvalue weighted by molar-refractivity contribution is 14.1.